The number of Topliss-reactive ketones (excluding diaryl/α,β-unsaturated/α-hetero) is 3. The van der Waals surface area contributed by atoms with Gasteiger partial charge in [0, 0.05) is 30.4 Å². The van der Waals surface area contributed by atoms with E-state index in [-0.39, 0.29) is 23.5 Å². The van der Waals surface area contributed by atoms with E-state index < -0.39 is 29.0 Å². The van der Waals surface area contributed by atoms with Crippen LogP contribution in [0.3, 0.4) is 0 Å². The first-order valence-corrected chi connectivity index (χ1v) is 55.7. The highest BCUT2D eigenvalue weighted by molar-refractivity contribution is 5.97. The highest BCUT2D eigenvalue weighted by Crippen LogP contribution is 2.36. The third-order valence-corrected chi connectivity index (χ3v) is 27.5. The molecule has 140 heavy (non-hydrogen) atoms. The molecule has 7 aromatic carbocycles. The predicted octanol–water partition coefficient (Wildman–Crippen LogP) is 31.9. The summed E-state index contributed by atoms with van der Waals surface area (Å²) in [5.74, 6) is 9.10. The highest BCUT2D eigenvalue weighted by atomic mass is 16.5. The number of aryl methyl sites for hydroxylation is 2. The molecule has 16 nitrogen and oxygen atoms in total. The zero-order valence-corrected chi connectivity index (χ0v) is 89.6. The van der Waals surface area contributed by atoms with Gasteiger partial charge in [0.25, 0.3) is 0 Å². The Labute approximate surface area is 849 Å². The molecule has 0 bridgehead atoms. The molecule has 3 atom stereocenters. The van der Waals surface area contributed by atoms with Crippen molar-refractivity contribution < 1.29 is 78.2 Å². The number of ketones is 3. The number of aliphatic hydroxyl groups is 6. The lowest BCUT2D eigenvalue weighted by atomic mass is 9.85. The number of ether oxygens (including phenoxy) is 7. The maximum absolute atomic E-state index is 11.9. The Bertz CT molecular complexity index is 4300. The third-order valence-electron chi connectivity index (χ3n) is 27.5. The van der Waals surface area contributed by atoms with Crippen LogP contribution >= 0.6 is 0 Å². The highest BCUT2D eigenvalue weighted by Gasteiger charge is 2.33. The van der Waals surface area contributed by atoms with E-state index in [0.717, 1.165) is 194 Å². The summed E-state index contributed by atoms with van der Waals surface area (Å²) in [4.78, 5) is 34.7. The van der Waals surface area contributed by atoms with E-state index in [1.54, 1.807) is 19.1 Å². The van der Waals surface area contributed by atoms with Gasteiger partial charge in [0.2, 0.25) is 0 Å². The molecule has 6 N–H and O–H groups in total. The van der Waals surface area contributed by atoms with Gasteiger partial charge in [-0.05, 0) is 285 Å². The molecule has 0 saturated heterocycles. The minimum absolute atomic E-state index is 0.148. The molecule has 7 aromatic rings. The summed E-state index contributed by atoms with van der Waals surface area (Å²) in [7, 11) is 0. The lowest BCUT2D eigenvalue weighted by molar-refractivity contribution is -0.117. The summed E-state index contributed by atoms with van der Waals surface area (Å²) < 4.78 is 41.0. The first-order chi connectivity index (χ1) is 67.8. The molecule has 0 spiro atoms. The van der Waals surface area contributed by atoms with Crippen LogP contribution in [0.15, 0.2) is 170 Å². The molecule has 4 aliphatic carbocycles. The topological polar surface area (TPSA) is 237 Å². The quantitative estimate of drug-likeness (QED) is 0.0154. The van der Waals surface area contributed by atoms with Gasteiger partial charge in [-0.1, -0.05) is 322 Å². The van der Waals surface area contributed by atoms with Crippen LogP contribution in [0, 0.1) is 23.7 Å². The molecule has 4 aliphatic rings. The zero-order valence-electron chi connectivity index (χ0n) is 89.6. The van der Waals surface area contributed by atoms with Gasteiger partial charge >= 0.3 is 0 Å². The average molecular weight is 1940 g/mol. The fraction of sp³-hybridized carbons (Fsp3) is 0.637. The van der Waals surface area contributed by atoms with Crippen LogP contribution in [0.5, 0.6) is 40.2 Å². The molecule has 11 rings (SSSR count). The van der Waals surface area contributed by atoms with Crippen molar-refractivity contribution in [1.82, 2.24) is 0 Å². The van der Waals surface area contributed by atoms with Crippen molar-refractivity contribution in [2.24, 2.45) is 23.7 Å². The zero-order chi connectivity index (χ0) is 102. The van der Waals surface area contributed by atoms with Crippen molar-refractivity contribution in [2.45, 2.75) is 440 Å². The molecular formula is C124H192O16. The molecule has 0 radical (unpaired) electrons. The van der Waals surface area contributed by atoms with Crippen LogP contribution in [0.1, 0.15) is 459 Å². The molecule has 3 unspecified atom stereocenters. The molecule has 4 fully saturated rings. The summed E-state index contributed by atoms with van der Waals surface area (Å²) >= 11 is 0. The molecule has 4 saturated carbocycles. The second-order valence-corrected chi connectivity index (χ2v) is 40.6. The number of carbonyl (C=O) groups excluding carboxylic acids is 3. The second kappa shape index (κ2) is 73.9. The van der Waals surface area contributed by atoms with Crippen molar-refractivity contribution in [3.05, 3.63) is 209 Å². The molecule has 0 heterocycles. The lowest BCUT2D eigenvalue weighted by Gasteiger charge is -2.31. The average Bonchev–Trinajstić information content (AvgIpc) is 1.15. The molecule has 0 aliphatic heterocycles. The fourth-order valence-electron chi connectivity index (χ4n) is 18.7. The van der Waals surface area contributed by atoms with Crippen molar-refractivity contribution in [3.8, 4) is 40.2 Å². The van der Waals surface area contributed by atoms with Gasteiger partial charge < -0.3 is 68.6 Å². The predicted molar refractivity (Wildman–Crippen MR) is 579 cm³/mol. The van der Waals surface area contributed by atoms with Gasteiger partial charge in [0.05, 0.1) is 61.5 Å². The van der Waals surface area contributed by atoms with Gasteiger partial charge in [-0.25, -0.2) is 0 Å². The fourth-order valence-corrected chi connectivity index (χ4v) is 18.7. The number of benzene rings is 7. The Morgan fingerprint density at radius 1 is 0.307 bits per heavy atom. The number of hydrogen-bond donors (Lipinski definition) is 6. The summed E-state index contributed by atoms with van der Waals surface area (Å²) in [5, 5.41) is 61.9. The molecular weight excluding hydrogens is 1750 g/mol. The SMILES string of the molecule is CC(=O)CCCC(O)c1cccc(OCC2CCCCC2)c1.CCCC(=O)c1cccc(OCC2(O)CCCCC2)c1.CCCC(=O)c1cccc(OCC2(O)CCCCCC2)c1.CCCC(CCC)COc1cccc(C(O)CCC)c1.CCCC(O)c1cccc(OCC2(O)CCCCCC2)c1.CCCCc1cccc(OCC(CC)CC)c1.CCCCc1cccc(OCC(CCC)CCC)c1. The minimum atomic E-state index is -0.708. The van der Waals surface area contributed by atoms with Gasteiger partial charge in [0.1, 0.15) is 65.9 Å². The number of hydrogen-bond acceptors (Lipinski definition) is 16. The van der Waals surface area contributed by atoms with E-state index in [4.69, 9.17) is 33.2 Å². The third kappa shape index (κ3) is 53.0. The molecule has 784 valence electrons. The summed E-state index contributed by atoms with van der Waals surface area (Å²) in [6, 6.07) is 55.0. The number of unbranched alkanes of at least 4 members (excludes halogenated alkanes) is 2. The molecule has 0 aromatic heterocycles. The van der Waals surface area contributed by atoms with Crippen LogP contribution in [-0.2, 0) is 17.6 Å². The number of carbonyl (C=O) groups is 3. The van der Waals surface area contributed by atoms with E-state index in [2.05, 4.69) is 118 Å². The van der Waals surface area contributed by atoms with Crippen LogP contribution in [0.2, 0.25) is 0 Å². The van der Waals surface area contributed by atoms with Crippen molar-refractivity contribution in [1.29, 1.82) is 0 Å². The van der Waals surface area contributed by atoms with Crippen molar-refractivity contribution in [2.75, 3.05) is 46.2 Å². The van der Waals surface area contributed by atoms with Crippen molar-refractivity contribution in [3.63, 3.8) is 0 Å². The maximum Gasteiger partial charge on any atom is 0.162 e. The molecule has 16 heteroatoms. The van der Waals surface area contributed by atoms with Crippen LogP contribution in [0.4, 0.5) is 0 Å². The second-order valence-electron chi connectivity index (χ2n) is 40.6. The first-order valence-electron chi connectivity index (χ1n) is 55.7. The summed E-state index contributed by atoms with van der Waals surface area (Å²) in [6.07, 6.45) is 50.4. The van der Waals surface area contributed by atoms with Gasteiger partial charge in [0.15, 0.2) is 11.6 Å². The number of rotatable bonds is 54. The smallest absolute Gasteiger partial charge is 0.162 e. The Kier molecular flexibility index (Phi) is 64.6. The standard InChI is InChI=1S/C19H28O3.C18H28O3.C18H26O3.C18H30O2.C18H30O.C17H24O3.C16H26O/c1-15(20)7-5-12-19(21)17-10-6-11-18(13-17)22-14-16-8-3-2-4-9-16;2*1-2-8-17(19)15-9-7-10-16(13-15)21-14-18(20)11-5-3-4-6-12-18;1-4-8-15(9-5-2)14-20-17-12-7-11-16(13-17)18(19)10-6-3;1-4-7-11-16-12-8-13-18(14-16)19-15-17(9-5-2)10-6-3;1-2-7-16(18)14-8-6-9-15(12-14)20-13-17(19)10-4-3-5-11-17;1-4-7-9-15-10-8-11-16(12-15)17-13-14(5-2)6-3/h6,10-11,13,16,19,21H,2-5,7-9,12,14H2,1H3;7,9-10,13,17,19-20H,2-6,8,11-12,14H2,1H3;7,9-10,13,20H,2-6,8,11-12,14H2,1H3;7,11-13,15,18-19H,4-6,8-10,14H2,1-3H3;8,12-14,17H,4-7,9-11,15H2,1-3H3;6,8-9,12,19H,2-5,7,10-11,13H2,1H3;8,10-12,14H,4-7,9,13H2,1-3H3. The monoisotopic (exact) mass is 1940 g/mol. The van der Waals surface area contributed by atoms with Crippen LogP contribution < -0.4 is 33.2 Å². The largest absolute Gasteiger partial charge is 0.493 e. The van der Waals surface area contributed by atoms with Crippen LogP contribution in [0.25, 0.3) is 0 Å². The van der Waals surface area contributed by atoms with E-state index in [1.165, 1.54) is 178 Å². The van der Waals surface area contributed by atoms with Crippen molar-refractivity contribution >= 4 is 17.3 Å². The summed E-state index contributed by atoms with van der Waals surface area (Å²) in [6.45, 7) is 31.9. The number of aliphatic hydroxyl groups excluding tert-OH is 3. The Morgan fingerprint density at radius 2 is 0.607 bits per heavy atom. The summed E-state index contributed by atoms with van der Waals surface area (Å²) in [5.41, 5.74) is 4.84. The van der Waals surface area contributed by atoms with E-state index in [9.17, 15) is 45.0 Å². The van der Waals surface area contributed by atoms with Crippen LogP contribution in [-0.4, -0.2) is 111 Å². The van der Waals surface area contributed by atoms with Gasteiger partial charge in [-0.3, -0.25) is 9.59 Å². The molecule has 0 amide bonds. The van der Waals surface area contributed by atoms with E-state index in [1.807, 2.05) is 123 Å². The first kappa shape index (κ1) is 122. The van der Waals surface area contributed by atoms with E-state index in [0.29, 0.717) is 91.8 Å². The Hall–Kier alpha value is -8.09. The Morgan fingerprint density at radius 3 is 0.943 bits per heavy atom. The normalized spacial score (nSPS) is 15.5. The van der Waals surface area contributed by atoms with E-state index >= 15 is 0 Å². The van der Waals surface area contributed by atoms with Gasteiger partial charge in [-0.15, -0.1) is 0 Å². The lowest BCUT2D eigenvalue weighted by Crippen LogP contribution is -2.37. The Balaban J connectivity index is 0.000000288. The maximum atomic E-state index is 11.9. The minimum Gasteiger partial charge on any atom is -0.493 e. The van der Waals surface area contributed by atoms with Gasteiger partial charge in [-0.2, -0.15) is 0 Å².